The van der Waals surface area contributed by atoms with Crippen LogP contribution in [0.2, 0.25) is 0 Å². The number of carboxylic acids is 2. The summed E-state index contributed by atoms with van der Waals surface area (Å²) in [4.78, 5) is 21.6. The number of rotatable bonds is 4. The largest absolute Gasteiger partial charge is 0.480 e. The van der Waals surface area contributed by atoms with Gasteiger partial charge in [0.1, 0.15) is 0 Å². The molecule has 2 N–H and O–H groups in total. The standard InChI is InChI=1S/C9H16O4S/c1-8(2,3)14-5-9(4,6(10)11)7(12)13/h5H2,1-4H3,(H,10,11)(H,12,13). The third kappa shape index (κ3) is 3.57. The van der Waals surface area contributed by atoms with E-state index < -0.39 is 17.4 Å². The lowest BCUT2D eigenvalue weighted by Gasteiger charge is -2.24. The minimum absolute atomic E-state index is 0.0706. The minimum atomic E-state index is -1.70. The van der Waals surface area contributed by atoms with Gasteiger partial charge in [-0.2, -0.15) is 11.8 Å². The van der Waals surface area contributed by atoms with E-state index in [0.29, 0.717) is 0 Å². The Morgan fingerprint density at radius 2 is 1.43 bits per heavy atom. The molecule has 14 heavy (non-hydrogen) atoms. The molecule has 0 amide bonds. The number of carbonyl (C=O) groups is 2. The fraction of sp³-hybridized carbons (Fsp3) is 0.778. The molecular formula is C9H16O4S. The van der Waals surface area contributed by atoms with Crippen molar-refractivity contribution in [3.63, 3.8) is 0 Å². The van der Waals surface area contributed by atoms with Crippen molar-refractivity contribution in [1.29, 1.82) is 0 Å². The molecule has 0 aromatic rings. The highest BCUT2D eigenvalue weighted by molar-refractivity contribution is 8.00. The van der Waals surface area contributed by atoms with E-state index in [-0.39, 0.29) is 10.5 Å². The Balaban J connectivity index is 4.56. The summed E-state index contributed by atoms with van der Waals surface area (Å²) < 4.78 is -0.133. The van der Waals surface area contributed by atoms with Crippen LogP contribution in [0.1, 0.15) is 27.7 Å². The van der Waals surface area contributed by atoms with Crippen LogP contribution in [0.25, 0.3) is 0 Å². The molecule has 0 saturated carbocycles. The number of hydrogen-bond donors (Lipinski definition) is 2. The van der Waals surface area contributed by atoms with Crippen LogP contribution < -0.4 is 0 Å². The summed E-state index contributed by atoms with van der Waals surface area (Å²) in [7, 11) is 0. The third-order valence-electron chi connectivity index (χ3n) is 1.74. The lowest BCUT2D eigenvalue weighted by atomic mass is 9.94. The Hall–Kier alpha value is -0.710. The lowest BCUT2D eigenvalue weighted by Crippen LogP contribution is -2.39. The minimum Gasteiger partial charge on any atom is -0.480 e. The Kier molecular flexibility index (Phi) is 4.00. The topological polar surface area (TPSA) is 74.6 Å². The highest BCUT2D eigenvalue weighted by Crippen LogP contribution is 2.31. The molecule has 0 rings (SSSR count). The van der Waals surface area contributed by atoms with Crippen LogP contribution >= 0.6 is 11.8 Å². The molecule has 0 spiro atoms. The molecule has 82 valence electrons. The third-order valence-corrected chi connectivity index (χ3v) is 3.33. The van der Waals surface area contributed by atoms with Gasteiger partial charge in [-0.1, -0.05) is 20.8 Å². The summed E-state index contributed by atoms with van der Waals surface area (Å²) >= 11 is 1.34. The Morgan fingerprint density at radius 1 is 1.07 bits per heavy atom. The van der Waals surface area contributed by atoms with Crippen LogP contribution in [0.5, 0.6) is 0 Å². The van der Waals surface area contributed by atoms with Gasteiger partial charge in [-0.25, -0.2) is 0 Å². The normalized spacial score (nSPS) is 12.6. The van der Waals surface area contributed by atoms with E-state index in [9.17, 15) is 9.59 Å². The first-order valence-electron chi connectivity index (χ1n) is 4.20. The highest BCUT2D eigenvalue weighted by Gasteiger charge is 2.42. The van der Waals surface area contributed by atoms with E-state index in [2.05, 4.69) is 0 Å². The summed E-state index contributed by atoms with van der Waals surface area (Å²) in [6.07, 6.45) is 0. The van der Waals surface area contributed by atoms with Crippen molar-refractivity contribution in [2.45, 2.75) is 32.4 Å². The van der Waals surface area contributed by atoms with Gasteiger partial charge < -0.3 is 10.2 Å². The maximum absolute atomic E-state index is 10.8. The Labute approximate surface area is 87.7 Å². The van der Waals surface area contributed by atoms with Crippen LogP contribution in [0.3, 0.4) is 0 Å². The molecule has 0 atom stereocenters. The van der Waals surface area contributed by atoms with Gasteiger partial charge >= 0.3 is 11.9 Å². The molecule has 0 radical (unpaired) electrons. The van der Waals surface area contributed by atoms with Gasteiger partial charge in [-0.15, -0.1) is 0 Å². The lowest BCUT2D eigenvalue weighted by molar-refractivity contribution is -0.161. The first-order valence-corrected chi connectivity index (χ1v) is 5.19. The maximum atomic E-state index is 10.8. The van der Waals surface area contributed by atoms with Crippen molar-refractivity contribution in [3.8, 4) is 0 Å². The van der Waals surface area contributed by atoms with Crippen LogP contribution in [-0.2, 0) is 9.59 Å². The van der Waals surface area contributed by atoms with Gasteiger partial charge in [0.2, 0.25) is 0 Å². The maximum Gasteiger partial charge on any atom is 0.321 e. The van der Waals surface area contributed by atoms with E-state index >= 15 is 0 Å². The molecule has 0 aliphatic carbocycles. The summed E-state index contributed by atoms with van der Waals surface area (Å²) in [5.41, 5.74) is -1.70. The van der Waals surface area contributed by atoms with Crippen molar-refractivity contribution >= 4 is 23.7 Å². The molecule has 0 saturated heterocycles. The number of thioether (sulfide) groups is 1. The molecule has 0 unspecified atom stereocenters. The Morgan fingerprint density at radius 3 is 1.64 bits per heavy atom. The van der Waals surface area contributed by atoms with Crippen molar-refractivity contribution in [1.82, 2.24) is 0 Å². The molecule has 4 nitrogen and oxygen atoms in total. The molecule has 0 heterocycles. The molecule has 0 bridgehead atoms. The van der Waals surface area contributed by atoms with Gasteiger partial charge in [0.15, 0.2) is 5.41 Å². The smallest absolute Gasteiger partial charge is 0.321 e. The average molecular weight is 220 g/mol. The zero-order chi connectivity index (χ0) is 11.6. The van der Waals surface area contributed by atoms with Crippen LogP contribution in [-0.4, -0.2) is 32.7 Å². The van der Waals surface area contributed by atoms with E-state index in [0.717, 1.165) is 0 Å². The van der Waals surface area contributed by atoms with Crippen LogP contribution in [0.15, 0.2) is 0 Å². The van der Waals surface area contributed by atoms with Crippen molar-refractivity contribution in [3.05, 3.63) is 0 Å². The molecule has 5 heteroatoms. The zero-order valence-electron chi connectivity index (χ0n) is 8.83. The SMILES string of the molecule is CC(C)(C)SCC(C)(C(=O)O)C(=O)O. The van der Waals surface area contributed by atoms with Crippen LogP contribution in [0, 0.1) is 5.41 Å². The molecule has 0 aromatic heterocycles. The van der Waals surface area contributed by atoms with E-state index in [1.165, 1.54) is 18.7 Å². The molecule has 0 aromatic carbocycles. The number of carboxylic acid groups (broad SMARTS) is 2. The van der Waals surface area contributed by atoms with Crippen molar-refractivity contribution in [2.24, 2.45) is 5.41 Å². The zero-order valence-corrected chi connectivity index (χ0v) is 9.64. The van der Waals surface area contributed by atoms with Gasteiger partial charge in [0.05, 0.1) is 0 Å². The van der Waals surface area contributed by atoms with Gasteiger partial charge in [0, 0.05) is 10.5 Å². The predicted octanol–water partition coefficient (Wildman–Crippen LogP) is 1.69. The molecule has 0 fully saturated rings. The fourth-order valence-corrected chi connectivity index (χ4v) is 1.54. The van der Waals surface area contributed by atoms with Gasteiger partial charge in [0.25, 0.3) is 0 Å². The summed E-state index contributed by atoms with van der Waals surface area (Å²) in [5, 5.41) is 17.6. The summed E-state index contributed by atoms with van der Waals surface area (Å²) in [5.74, 6) is -2.51. The monoisotopic (exact) mass is 220 g/mol. The average Bonchev–Trinajstić information content (AvgIpc) is 1.97. The summed E-state index contributed by atoms with van der Waals surface area (Å²) in [6, 6.07) is 0. The Bertz CT molecular complexity index is 228. The van der Waals surface area contributed by atoms with Crippen molar-refractivity contribution < 1.29 is 19.8 Å². The fourth-order valence-electron chi connectivity index (χ4n) is 0.576. The molecule has 0 aliphatic rings. The van der Waals surface area contributed by atoms with E-state index in [4.69, 9.17) is 10.2 Å². The summed E-state index contributed by atoms with van der Waals surface area (Å²) in [6.45, 7) is 6.99. The van der Waals surface area contributed by atoms with Crippen LogP contribution in [0.4, 0.5) is 0 Å². The second-order valence-electron chi connectivity index (χ2n) is 4.34. The molecular weight excluding hydrogens is 204 g/mol. The van der Waals surface area contributed by atoms with E-state index in [1.54, 1.807) is 0 Å². The molecule has 0 aliphatic heterocycles. The quantitative estimate of drug-likeness (QED) is 0.705. The second kappa shape index (κ2) is 4.21. The number of aliphatic carboxylic acids is 2. The van der Waals surface area contributed by atoms with Crippen molar-refractivity contribution in [2.75, 3.05) is 5.75 Å². The predicted molar refractivity (Wildman–Crippen MR) is 55.6 cm³/mol. The number of hydrogen-bond acceptors (Lipinski definition) is 3. The first kappa shape index (κ1) is 13.3. The highest BCUT2D eigenvalue weighted by atomic mass is 32.2. The second-order valence-corrected chi connectivity index (χ2v) is 6.15. The van der Waals surface area contributed by atoms with Gasteiger partial charge in [-0.3, -0.25) is 9.59 Å². The van der Waals surface area contributed by atoms with E-state index in [1.807, 2.05) is 20.8 Å². The van der Waals surface area contributed by atoms with Gasteiger partial charge in [-0.05, 0) is 6.92 Å². The first-order chi connectivity index (χ1) is 6.09.